The zero-order valence-corrected chi connectivity index (χ0v) is 16.4. The average Bonchev–Trinajstić information content (AvgIpc) is 3.21. The van der Waals surface area contributed by atoms with Gasteiger partial charge < -0.3 is 5.32 Å². The molecule has 0 unspecified atom stereocenters. The van der Waals surface area contributed by atoms with Gasteiger partial charge in [0.25, 0.3) is 0 Å². The Morgan fingerprint density at radius 2 is 2.07 bits per heavy atom. The number of aromatic amines is 1. The van der Waals surface area contributed by atoms with Crippen LogP contribution in [0.5, 0.6) is 0 Å². The van der Waals surface area contributed by atoms with E-state index in [0.717, 1.165) is 12.8 Å². The molecule has 0 bridgehead atoms. The van der Waals surface area contributed by atoms with Crippen molar-refractivity contribution in [1.82, 2.24) is 24.5 Å². The van der Waals surface area contributed by atoms with Gasteiger partial charge in [-0.2, -0.15) is 5.10 Å². The van der Waals surface area contributed by atoms with Crippen LogP contribution in [0.3, 0.4) is 0 Å². The van der Waals surface area contributed by atoms with E-state index in [1.54, 1.807) is 29.8 Å². The Kier molecular flexibility index (Phi) is 6.30. The summed E-state index contributed by atoms with van der Waals surface area (Å²) in [5.41, 5.74) is 1.08. The summed E-state index contributed by atoms with van der Waals surface area (Å²) in [7, 11) is 0. The van der Waals surface area contributed by atoms with Crippen LogP contribution in [0.15, 0.2) is 40.3 Å². The van der Waals surface area contributed by atoms with Crippen molar-refractivity contribution in [2.45, 2.75) is 38.4 Å². The smallest absolute Gasteiger partial charge is 0.310 e. The predicted molar refractivity (Wildman–Crippen MR) is 105 cm³/mol. The number of carbonyl (C=O) groups excluding carboxylic acids is 1. The van der Waals surface area contributed by atoms with Crippen LogP contribution >= 0.6 is 11.8 Å². The van der Waals surface area contributed by atoms with Crippen molar-refractivity contribution < 1.29 is 9.18 Å². The Morgan fingerprint density at radius 3 is 2.79 bits per heavy atom. The molecule has 0 fully saturated rings. The first kappa shape index (κ1) is 19.9. The number of aromatic nitrogens is 5. The summed E-state index contributed by atoms with van der Waals surface area (Å²) < 4.78 is 16.2. The van der Waals surface area contributed by atoms with Gasteiger partial charge in [0.15, 0.2) is 5.16 Å². The Hall–Kier alpha value is -2.88. The second-order valence-electron chi connectivity index (χ2n) is 6.21. The van der Waals surface area contributed by atoms with Gasteiger partial charge in [0.1, 0.15) is 11.6 Å². The number of aryl methyl sites for hydroxylation is 1. The third kappa shape index (κ3) is 4.69. The van der Waals surface area contributed by atoms with E-state index in [2.05, 4.69) is 20.6 Å². The lowest BCUT2D eigenvalue weighted by Crippen LogP contribution is -2.19. The van der Waals surface area contributed by atoms with Crippen LogP contribution in [-0.2, 0) is 11.3 Å². The first-order valence-corrected chi connectivity index (χ1v) is 9.87. The fourth-order valence-corrected chi connectivity index (χ4v) is 3.38. The molecule has 0 saturated carbocycles. The van der Waals surface area contributed by atoms with E-state index < -0.39 is 0 Å². The molecule has 1 aromatic carbocycles. The molecule has 8 nitrogen and oxygen atoms in total. The van der Waals surface area contributed by atoms with E-state index in [1.165, 1.54) is 28.5 Å². The molecule has 148 valence electrons. The number of nitrogens with one attached hydrogen (secondary N) is 2. The standard InChI is InChI=1S/C18H21FN6O2S/c1-3-4-9-24-17(27)21-22-18(24)28-11-16(26)20-15-10-12(2)23-25(15)14-7-5-13(19)6-8-14/h5-8,10H,3-4,9,11H2,1-2H3,(H,20,26)(H,21,27). The molecule has 0 radical (unpaired) electrons. The summed E-state index contributed by atoms with van der Waals surface area (Å²) in [6, 6.07) is 7.57. The quantitative estimate of drug-likeness (QED) is 0.563. The molecule has 1 amide bonds. The molecular weight excluding hydrogens is 383 g/mol. The van der Waals surface area contributed by atoms with Crippen molar-refractivity contribution in [3.63, 3.8) is 0 Å². The van der Waals surface area contributed by atoms with Crippen LogP contribution in [0.2, 0.25) is 0 Å². The number of hydrogen-bond donors (Lipinski definition) is 2. The SMILES string of the molecule is CCCCn1c(SCC(=O)Nc2cc(C)nn2-c2ccc(F)cc2)n[nH]c1=O. The van der Waals surface area contributed by atoms with Crippen LogP contribution in [0, 0.1) is 12.7 Å². The number of rotatable bonds is 8. The molecule has 0 aliphatic heterocycles. The van der Waals surface area contributed by atoms with Gasteiger partial charge in [-0.1, -0.05) is 25.1 Å². The molecule has 2 N–H and O–H groups in total. The summed E-state index contributed by atoms with van der Waals surface area (Å²) >= 11 is 1.19. The maximum Gasteiger partial charge on any atom is 0.343 e. The summed E-state index contributed by atoms with van der Waals surface area (Å²) in [5.74, 6) is -0.0297. The van der Waals surface area contributed by atoms with E-state index in [4.69, 9.17) is 0 Å². The fraction of sp³-hybridized carbons (Fsp3) is 0.333. The zero-order valence-electron chi connectivity index (χ0n) is 15.6. The second kappa shape index (κ2) is 8.87. The molecule has 0 atom stereocenters. The monoisotopic (exact) mass is 404 g/mol. The zero-order chi connectivity index (χ0) is 20.1. The maximum absolute atomic E-state index is 13.2. The first-order valence-electron chi connectivity index (χ1n) is 8.88. The molecule has 3 rings (SSSR count). The third-order valence-electron chi connectivity index (χ3n) is 3.96. The molecule has 0 aliphatic carbocycles. The number of carbonyl (C=O) groups is 1. The highest BCUT2D eigenvalue weighted by molar-refractivity contribution is 7.99. The van der Waals surface area contributed by atoms with Gasteiger partial charge in [-0.05, 0) is 37.6 Å². The molecule has 2 heterocycles. The van der Waals surface area contributed by atoms with E-state index in [-0.39, 0.29) is 23.2 Å². The lowest BCUT2D eigenvalue weighted by molar-refractivity contribution is -0.113. The number of amides is 1. The van der Waals surface area contributed by atoms with Crippen molar-refractivity contribution >= 4 is 23.5 Å². The Bertz CT molecular complexity index is 1010. The number of anilines is 1. The van der Waals surface area contributed by atoms with Crippen LogP contribution in [0.4, 0.5) is 10.2 Å². The minimum atomic E-state index is -0.345. The highest BCUT2D eigenvalue weighted by atomic mass is 32.2. The molecule has 2 aromatic heterocycles. The largest absolute Gasteiger partial charge is 0.343 e. The van der Waals surface area contributed by atoms with Crippen molar-refractivity contribution in [2.24, 2.45) is 0 Å². The van der Waals surface area contributed by atoms with Crippen molar-refractivity contribution in [3.8, 4) is 5.69 Å². The van der Waals surface area contributed by atoms with E-state index in [9.17, 15) is 14.0 Å². The van der Waals surface area contributed by atoms with E-state index in [1.807, 2.05) is 6.92 Å². The van der Waals surface area contributed by atoms with Crippen LogP contribution < -0.4 is 11.0 Å². The van der Waals surface area contributed by atoms with Crippen molar-refractivity contribution in [2.75, 3.05) is 11.1 Å². The van der Waals surface area contributed by atoms with Crippen LogP contribution in [0.1, 0.15) is 25.5 Å². The topological polar surface area (TPSA) is 97.6 Å². The van der Waals surface area contributed by atoms with Gasteiger partial charge in [-0.15, -0.1) is 5.10 Å². The van der Waals surface area contributed by atoms with Crippen LogP contribution in [0.25, 0.3) is 5.69 Å². The summed E-state index contributed by atoms with van der Waals surface area (Å²) in [5, 5.41) is 14.0. The molecular formula is C18H21FN6O2S. The van der Waals surface area contributed by atoms with Gasteiger partial charge >= 0.3 is 5.69 Å². The number of halogens is 1. The molecule has 3 aromatic rings. The number of H-pyrrole nitrogens is 1. The highest BCUT2D eigenvalue weighted by Gasteiger charge is 2.14. The molecule has 0 aliphatic rings. The van der Waals surface area contributed by atoms with Crippen LogP contribution in [-0.4, -0.2) is 36.2 Å². The second-order valence-corrected chi connectivity index (χ2v) is 7.16. The Morgan fingerprint density at radius 1 is 1.32 bits per heavy atom. The summed E-state index contributed by atoms with van der Waals surface area (Å²) in [4.78, 5) is 24.2. The van der Waals surface area contributed by atoms with Crippen molar-refractivity contribution in [1.29, 1.82) is 0 Å². The first-order chi connectivity index (χ1) is 13.5. The molecule has 28 heavy (non-hydrogen) atoms. The van der Waals surface area contributed by atoms with E-state index >= 15 is 0 Å². The Balaban J connectivity index is 1.68. The number of thioether (sulfide) groups is 1. The fourth-order valence-electron chi connectivity index (χ4n) is 2.60. The molecule has 0 saturated heterocycles. The number of nitrogens with zero attached hydrogens (tertiary/aromatic N) is 4. The lowest BCUT2D eigenvalue weighted by atomic mass is 10.3. The van der Waals surface area contributed by atoms with Crippen molar-refractivity contribution in [3.05, 3.63) is 52.3 Å². The highest BCUT2D eigenvalue weighted by Crippen LogP contribution is 2.19. The minimum Gasteiger partial charge on any atom is -0.310 e. The van der Waals surface area contributed by atoms with Gasteiger partial charge in [0, 0.05) is 12.6 Å². The van der Waals surface area contributed by atoms with Gasteiger partial charge in [-0.25, -0.2) is 19.0 Å². The third-order valence-corrected chi connectivity index (χ3v) is 4.94. The predicted octanol–water partition coefficient (Wildman–Crippen LogP) is 2.74. The van der Waals surface area contributed by atoms with Gasteiger partial charge in [0.05, 0.1) is 17.1 Å². The normalized spacial score (nSPS) is 11.0. The number of benzene rings is 1. The number of hydrogen-bond acceptors (Lipinski definition) is 5. The molecule has 0 spiro atoms. The van der Waals surface area contributed by atoms with E-state index in [0.29, 0.717) is 28.9 Å². The van der Waals surface area contributed by atoms with Gasteiger partial charge in [0.2, 0.25) is 5.91 Å². The molecule has 10 heteroatoms. The lowest BCUT2D eigenvalue weighted by Gasteiger charge is -2.09. The van der Waals surface area contributed by atoms with Gasteiger partial charge in [-0.3, -0.25) is 9.36 Å². The summed E-state index contributed by atoms with van der Waals surface area (Å²) in [6.45, 7) is 4.41. The average molecular weight is 404 g/mol. The Labute approximate surface area is 165 Å². The maximum atomic E-state index is 13.2. The minimum absolute atomic E-state index is 0.0874. The number of unbranched alkanes of at least 4 members (excludes halogenated alkanes) is 1. The summed E-state index contributed by atoms with van der Waals surface area (Å²) in [6.07, 6.45) is 1.81.